The fourth-order valence-electron chi connectivity index (χ4n) is 3.16. The number of aryl methyl sites for hydroxylation is 2. The van der Waals surface area contributed by atoms with Crippen LogP contribution in [0.2, 0.25) is 0 Å². The van der Waals surface area contributed by atoms with Crippen LogP contribution in [0.5, 0.6) is 5.75 Å². The lowest BCUT2D eigenvalue weighted by Crippen LogP contribution is -2.40. The van der Waals surface area contributed by atoms with Crippen LogP contribution >= 0.6 is 0 Å². The van der Waals surface area contributed by atoms with Crippen molar-refractivity contribution >= 4 is 21.8 Å². The van der Waals surface area contributed by atoms with E-state index in [9.17, 15) is 18.0 Å². The molecule has 0 radical (unpaired) electrons. The zero-order chi connectivity index (χ0) is 23.1. The Labute approximate surface area is 188 Å². The van der Waals surface area contributed by atoms with Gasteiger partial charge in [0.05, 0.1) is 31.1 Å². The smallest absolute Gasteiger partial charge is 0.309 e. The van der Waals surface area contributed by atoms with E-state index in [1.165, 1.54) is 28.6 Å². The molecular formula is C23H27NO7S. The van der Waals surface area contributed by atoms with E-state index in [2.05, 4.69) is 0 Å². The molecule has 8 nitrogen and oxygen atoms in total. The van der Waals surface area contributed by atoms with Crippen LogP contribution in [0.25, 0.3) is 0 Å². The first kappa shape index (κ1) is 23.9. The molecule has 3 rings (SSSR count). The van der Waals surface area contributed by atoms with Crippen molar-refractivity contribution in [3.63, 3.8) is 0 Å². The van der Waals surface area contributed by atoms with Gasteiger partial charge in [-0.05, 0) is 55.3 Å². The van der Waals surface area contributed by atoms with E-state index >= 15 is 0 Å². The Morgan fingerprint density at radius 2 is 1.72 bits per heavy atom. The van der Waals surface area contributed by atoms with Gasteiger partial charge >= 0.3 is 5.97 Å². The summed E-state index contributed by atoms with van der Waals surface area (Å²) in [4.78, 5) is 24.3. The monoisotopic (exact) mass is 461 g/mol. The number of rotatable bonds is 9. The maximum Gasteiger partial charge on any atom is 0.309 e. The lowest BCUT2D eigenvalue weighted by atomic mass is 10.1. The van der Waals surface area contributed by atoms with Crippen LogP contribution in [0.15, 0.2) is 47.4 Å². The minimum atomic E-state index is -3.63. The molecule has 1 aliphatic rings. The van der Waals surface area contributed by atoms with Gasteiger partial charge in [0, 0.05) is 18.7 Å². The molecule has 0 saturated carbocycles. The number of esters is 1. The Morgan fingerprint density at radius 1 is 1.03 bits per heavy atom. The van der Waals surface area contributed by atoms with E-state index in [0.29, 0.717) is 32.1 Å². The summed E-state index contributed by atoms with van der Waals surface area (Å²) in [5.41, 5.74) is 2.30. The molecule has 9 heteroatoms. The second kappa shape index (κ2) is 10.7. The molecule has 0 bridgehead atoms. The first-order valence-corrected chi connectivity index (χ1v) is 11.8. The molecular weight excluding hydrogens is 434 g/mol. The third-order valence-corrected chi connectivity index (χ3v) is 6.97. The number of carbonyl (C=O) groups is 2. The average molecular weight is 462 g/mol. The number of sulfonamides is 1. The van der Waals surface area contributed by atoms with E-state index in [4.69, 9.17) is 14.2 Å². The van der Waals surface area contributed by atoms with Gasteiger partial charge in [-0.25, -0.2) is 8.42 Å². The Morgan fingerprint density at radius 3 is 2.41 bits per heavy atom. The first-order valence-electron chi connectivity index (χ1n) is 10.3. The summed E-state index contributed by atoms with van der Waals surface area (Å²) < 4.78 is 42.5. The van der Waals surface area contributed by atoms with Crippen LogP contribution < -0.4 is 4.74 Å². The van der Waals surface area contributed by atoms with Gasteiger partial charge in [-0.1, -0.05) is 12.1 Å². The summed E-state index contributed by atoms with van der Waals surface area (Å²) in [5, 5.41) is 0. The number of benzene rings is 2. The predicted octanol–water partition coefficient (Wildman–Crippen LogP) is 2.52. The van der Waals surface area contributed by atoms with E-state index in [0.717, 1.165) is 11.1 Å². The fraction of sp³-hybridized carbons (Fsp3) is 0.391. The standard InChI is InChI=1S/C23H27NO7S/c1-17-3-4-18(2)22(15-17)30-12-9-23(26)31-16-21(25)19-5-7-20(8-6-19)32(27,28)24-10-13-29-14-11-24/h3-8,15H,9-14,16H2,1-2H3. The van der Waals surface area contributed by atoms with Crippen LogP contribution in [0.1, 0.15) is 27.9 Å². The number of ketones is 1. The van der Waals surface area contributed by atoms with E-state index in [1.54, 1.807) is 0 Å². The molecule has 0 unspecified atom stereocenters. The van der Waals surface area contributed by atoms with E-state index < -0.39 is 28.4 Å². The van der Waals surface area contributed by atoms with Crippen molar-refractivity contribution < 1.29 is 32.2 Å². The average Bonchev–Trinajstić information content (AvgIpc) is 2.80. The lowest BCUT2D eigenvalue weighted by Gasteiger charge is -2.26. The SMILES string of the molecule is Cc1ccc(C)c(OCCC(=O)OCC(=O)c2ccc(S(=O)(=O)N3CCOCC3)cc2)c1. The van der Waals surface area contributed by atoms with Crippen molar-refractivity contribution in [3.8, 4) is 5.75 Å². The van der Waals surface area contributed by atoms with Crippen LogP contribution in [0.4, 0.5) is 0 Å². The molecule has 2 aromatic rings. The number of morpholine rings is 1. The number of Topliss-reactive ketones (excluding diaryl/α,β-unsaturated/α-hetero) is 1. The van der Waals surface area contributed by atoms with Crippen molar-refractivity contribution in [3.05, 3.63) is 59.2 Å². The largest absolute Gasteiger partial charge is 0.493 e. The molecule has 0 aliphatic carbocycles. The highest BCUT2D eigenvalue weighted by Crippen LogP contribution is 2.20. The fourth-order valence-corrected chi connectivity index (χ4v) is 4.57. The van der Waals surface area contributed by atoms with Gasteiger partial charge < -0.3 is 14.2 Å². The highest BCUT2D eigenvalue weighted by molar-refractivity contribution is 7.89. The van der Waals surface area contributed by atoms with Crippen LogP contribution in [-0.4, -0.2) is 64.0 Å². The Bertz CT molecular complexity index is 1060. The highest BCUT2D eigenvalue weighted by Gasteiger charge is 2.26. The van der Waals surface area contributed by atoms with E-state index in [-0.39, 0.29) is 23.5 Å². The molecule has 2 aromatic carbocycles. The molecule has 0 N–H and O–H groups in total. The number of hydrogen-bond donors (Lipinski definition) is 0. The molecule has 32 heavy (non-hydrogen) atoms. The summed E-state index contributed by atoms with van der Waals surface area (Å²) in [6.07, 6.45) is 0.0113. The quantitative estimate of drug-likeness (QED) is 0.418. The topological polar surface area (TPSA) is 99.2 Å². The maximum absolute atomic E-state index is 12.6. The van der Waals surface area contributed by atoms with Crippen LogP contribution in [-0.2, 0) is 24.3 Å². The van der Waals surface area contributed by atoms with Crippen molar-refractivity contribution in [2.45, 2.75) is 25.2 Å². The molecule has 1 aliphatic heterocycles. The predicted molar refractivity (Wildman–Crippen MR) is 117 cm³/mol. The summed E-state index contributed by atoms with van der Waals surface area (Å²) in [7, 11) is -3.63. The van der Waals surface area contributed by atoms with Gasteiger partial charge in [-0.15, -0.1) is 0 Å². The molecule has 0 spiro atoms. The molecule has 172 valence electrons. The normalized spacial score (nSPS) is 14.7. The molecule has 1 heterocycles. The molecule has 1 fully saturated rings. The summed E-state index contributed by atoms with van der Waals surface area (Å²) in [6.45, 7) is 4.91. The minimum Gasteiger partial charge on any atom is -0.493 e. The van der Waals surface area contributed by atoms with Crippen LogP contribution in [0.3, 0.4) is 0 Å². The first-order chi connectivity index (χ1) is 15.3. The number of nitrogens with zero attached hydrogens (tertiary/aromatic N) is 1. The summed E-state index contributed by atoms with van der Waals surface area (Å²) in [6, 6.07) is 11.4. The van der Waals surface area contributed by atoms with E-state index in [1.807, 2.05) is 32.0 Å². The van der Waals surface area contributed by atoms with Crippen molar-refractivity contribution in [1.29, 1.82) is 0 Å². The number of hydrogen-bond acceptors (Lipinski definition) is 7. The Kier molecular flexibility index (Phi) is 8.00. The Balaban J connectivity index is 1.47. The second-order valence-electron chi connectivity index (χ2n) is 7.49. The third-order valence-electron chi connectivity index (χ3n) is 5.06. The molecule has 1 saturated heterocycles. The zero-order valence-electron chi connectivity index (χ0n) is 18.2. The zero-order valence-corrected chi connectivity index (χ0v) is 19.0. The van der Waals surface area contributed by atoms with Crippen LogP contribution in [0, 0.1) is 13.8 Å². The third kappa shape index (κ3) is 6.15. The van der Waals surface area contributed by atoms with Gasteiger partial charge in [0.15, 0.2) is 12.4 Å². The number of carbonyl (C=O) groups excluding carboxylic acids is 2. The minimum absolute atomic E-state index is 0.0113. The van der Waals surface area contributed by atoms with Gasteiger partial charge in [-0.3, -0.25) is 9.59 Å². The van der Waals surface area contributed by atoms with Gasteiger partial charge in [-0.2, -0.15) is 4.31 Å². The van der Waals surface area contributed by atoms with Gasteiger partial charge in [0.25, 0.3) is 0 Å². The van der Waals surface area contributed by atoms with Crippen molar-refractivity contribution in [2.24, 2.45) is 0 Å². The highest BCUT2D eigenvalue weighted by atomic mass is 32.2. The maximum atomic E-state index is 12.6. The lowest BCUT2D eigenvalue weighted by molar-refractivity contribution is -0.143. The summed E-state index contributed by atoms with van der Waals surface area (Å²) in [5.74, 6) is -0.250. The van der Waals surface area contributed by atoms with Gasteiger partial charge in [0.2, 0.25) is 10.0 Å². The molecule has 0 amide bonds. The van der Waals surface area contributed by atoms with Crippen molar-refractivity contribution in [1.82, 2.24) is 4.31 Å². The molecule has 0 aromatic heterocycles. The molecule has 0 atom stereocenters. The van der Waals surface area contributed by atoms with Crippen molar-refractivity contribution in [2.75, 3.05) is 39.5 Å². The summed E-state index contributed by atoms with van der Waals surface area (Å²) >= 11 is 0. The second-order valence-corrected chi connectivity index (χ2v) is 9.43. The Hall–Kier alpha value is -2.75. The van der Waals surface area contributed by atoms with Gasteiger partial charge in [0.1, 0.15) is 5.75 Å². The number of ether oxygens (including phenoxy) is 3.